The summed E-state index contributed by atoms with van der Waals surface area (Å²) >= 11 is 0. The highest BCUT2D eigenvalue weighted by Gasteiger charge is 2.26. The average Bonchev–Trinajstić information content (AvgIpc) is 2.48. The molecule has 0 radical (unpaired) electrons. The first kappa shape index (κ1) is 18.8. The van der Waals surface area contributed by atoms with Crippen molar-refractivity contribution >= 4 is 18.3 Å². The van der Waals surface area contributed by atoms with Crippen LogP contribution < -0.4 is 10.1 Å². The van der Waals surface area contributed by atoms with Gasteiger partial charge < -0.3 is 15.0 Å². The lowest BCUT2D eigenvalue weighted by atomic mass is 9.92. The van der Waals surface area contributed by atoms with Gasteiger partial charge >= 0.3 is 0 Å². The van der Waals surface area contributed by atoms with Crippen LogP contribution >= 0.6 is 12.4 Å². The van der Waals surface area contributed by atoms with Gasteiger partial charge in [0.15, 0.2) is 0 Å². The lowest BCUT2D eigenvalue weighted by Crippen LogP contribution is -2.43. The zero-order valence-corrected chi connectivity index (χ0v) is 14.5. The van der Waals surface area contributed by atoms with Gasteiger partial charge in [-0.3, -0.25) is 4.79 Å². The minimum absolute atomic E-state index is 0. The van der Waals surface area contributed by atoms with E-state index in [1.54, 1.807) is 4.90 Å². The molecule has 0 saturated carbocycles. The largest absolute Gasteiger partial charge is 0.492 e. The second-order valence-corrected chi connectivity index (χ2v) is 6.00. The first-order chi connectivity index (χ1) is 10.1. The van der Waals surface area contributed by atoms with E-state index in [9.17, 15) is 4.79 Å². The Morgan fingerprint density at radius 1 is 1.36 bits per heavy atom. The summed E-state index contributed by atoms with van der Waals surface area (Å²) < 4.78 is 5.68. The Hall–Kier alpha value is -1.26. The lowest BCUT2D eigenvalue weighted by Gasteiger charge is -2.30. The molecule has 1 fully saturated rings. The van der Waals surface area contributed by atoms with Crippen molar-refractivity contribution in [1.82, 2.24) is 10.2 Å². The predicted octanol–water partition coefficient (Wildman–Crippen LogP) is 2.64. The molecule has 1 aromatic carbocycles. The van der Waals surface area contributed by atoms with Crippen LogP contribution in [0.2, 0.25) is 0 Å². The van der Waals surface area contributed by atoms with Crippen LogP contribution in [0.1, 0.15) is 25.3 Å². The van der Waals surface area contributed by atoms with E-state index in [2.05, 4.69) is 19.2 Å². The molecular formula is C17H27ClN2O2. The monoisotopic (exact) mass is 326 g/mol. The number of aryl methyl sites for hydroxylation is 1. The fraction of sp³-hybridized carbons (Fsp3) is 0.588. The minimum atomic E-state index is 0. The lowest BCUT2D eigenvalue weighted by molar-refractivity contribution is -0.135. The molecule has 0 aromatic heterocycles. The van der Waals surface area contributed by atoms with Crippen molar-refractivity contribution in [3.05, 3.63) is 29.8 Å². The first-order valence-electron chi connectivity index (χ1n) is 7.74. The number of amides is 1. The fourth-order valence-electron chi connectivity index (χ4n) is 2.71. The van der Waals surface area contributed by atoms with Crippen LogP contribution in [-0.4, -0.2) is 43.6 Å². The zero-order valence-electron chi connectivity index (χ0n) is 13.7. The van der Waals surface area contributed by atoms with Crippen molar-refractivity contribution < 1.29 is 9.53 Å². The molecule has 0 spiro atoms. The van der Waals surface area contributed by atoms with Gasteiger partial charge in [-0.1, -0.05) is 17.7 Å². The predicted molar refractivity (Wildman–Crippen MR) is 91.7 cm³/mol. The van der Waals surface area contributed by atoms with Crippen LogP contribution in [0.15, 0.2) is 24.3 Å². The smallest absolute Gasteiger partial charge is 0.225 e. The number of hydrogen-bond donors (Lipinski definition) is 1. The molecule has 1 amide bonds. The van der Waals surface area contributed by atoms with E-state index < -0.39 is 0 Å². The third kappa shape index (κ3) is 5.50. The number of nitrogens with zero attached hydrogens (tertiary/aromatic N) is 1. The highest BCUT2D eigenvalue weighted by molar-refractivity contribution is 5.85. The molecule has 1 saturated heterocycles. The van der Waals surface area contributed by atoms with Gasteiger partial charge in [0.25, 0.3) is 0 Å². The average molecular weight is 327 g/mol. The number of carbonyl (C=O) groups excluding carboxylic acids is 1. The van der Waals surface area contributed by atoms with E-state index in [1.165, 1.54) is 5.56 Å². The zero-order chi connectivity index (χ0) is 15.2. The number of carbonyl (C=O) groups is 1. The molecule has 1 N–H and O–H groups in total. The third-order valence-corrected chi connectivity index (χ3v) is 4.07. The van der Waals surface area contributed by atoms with Gasteiger partial charge in [0.2, 0.25) is 5.91 Å². The van der Waals surface area contributed by atoms with E-state index in [0.29, 0.717) is 19.2 Å². The normalized spacial score (nSPS) is 20.9. The number of piperidine rings is 1. The molecule has 4 nitrogen and oxygen atoms in total. The number of nitrogens with one attached hydrogen (secondary N) is 1. The topological polar surface area (TPSA) is 41.6 Å². The van der Waals surface area contributed by atoms with E-state index in [-0.39, 0.29) is 24.2 Å². The van der Waals surface area contributed by atoms with Gasteiger partial charge in [-0.05, 0) is 45.4 Å². The quantitative estimate of drug-likeness (QED) is 0.904. The summed E-state index contributed by atoms with van der Waals surface area (Å²) in [6, 6.07) is 8.42. The molecule has 1 aliphatic heterocycles. The van der Waals surface area contributed by atoms with Crippen molar-refractivity contribution in [2.24, 2.45) is 5.92 Å². The van der Waals surface area contributed by atoms with Gasteiger partial charge in [0, 0.05) is 19.0 Å². The van der Waals surface area contributed by atoms with Crippen LogP contribution in [-0.2, 0) is 4.79 Å². The van der Waals surface area contributed by atoms with Crippen LogP contribution in [0.3, 0.4) is 0 Å². The highest BCUT2D eigenvalue weighted by atomic mass is 35.5. The summed E-state index contributed by atoms with van der Waals surface area (Å²) in [5, 5.41) is 3.38. The molecule has 124 valence electrons. The van der Waals surface area contributed by atoms with Gasteiger partial charge in [0.05, 0.1) is 6.54 Å². The number of hydrogen-bond acceptors (Lipinski definition) is 3. The number of rotatable bonds is 5. The third-order valence-electron chi connectivity index (χ3n) is 4.07. The molecule has 1 aromatic rings. The molecule has 0 bridgehead atoms. The molecule has 2 rings (SSSR count). The van der Waals surface area contributed by atoms with E-state index in [4.69, 9.17) is 4.74 Å². The summed E-state index contributed by atoms with van der Waals surface area (Å²) in [4.78, 5) is 14.2. The minimum Gasteiger partial charge on any atom is -0.492 e. The molecule has 2 atom stereocenters. The maximum Gasteiger partial charge on any atom is 0.225 e. The Labute approximate surface area is 139 Å². The molecular weight excluding hydrogens is 300 g/mol. The number of halogens is 1. The van der Waals surface area contributed by atoms with Gasteiger partial charge in [-0.2, -0.15) is 0 Å². The Kier molecular flexibility index (Phi) is 7.69. The number of benzene rings is 1. The molecule has 0 unspecified atom stereocenters. The first-order valence-corrected chi connectivity index (χ1v) is 7.74. The van der Waals surface area contributed by atoms with E-state index >= 15 is 0 Å². The van der Waals surface area contributed by atoms with Crippen molar-refractivity contribution in [2.75, 3.05) is 26.7 Å². The Balaban J connectivity index is 0.00000242. The molecule has 1 aliphatic rings. The Morgan fingerprint density at radius 2 is 2.05 bits per heavy atom. The summed E-state index contributed by atoms with van der Waals surface area (Å²) in [5.41, 5.74) is 1.22. The van der Waals surface area contributed by atoms with Crippen LogP contribution in [0.4, 0.5) is 0 Å². The summed E-state index contributed by atoms with van der Waals surface area (Å²) in [7, 11) is 1.87. The van der Waals surface area contributed by atoms with Crippen molar-refractivity contribution in [3.8, 4) is 5.75 Å². The maximum absolute atomic E-state index is 12.4. The SMILES string of the molecule is Cc1ccc(OCCN(C)C(=O)[C@H]2CCN[C@@H](C)C2)cc1.Cl. The highest BCUT2D eigenvalue weighted by Crippen LogP contribution is 2.18. The summed E-state index contributed by atoms with van der Waals surface area (Å²) in [6.45, 7) is 6.29. The summed E-state index contributed by atoms with van der Waals surface area (Å²) in [6.07, 6.45) is 1.87. The van der Waals surface area contributed by atoms with Crippen molar-refractivity contribution in [1.29, 1.82) is 0 Å². The maximum atomic E-state index is 12.4. The van der Waals surface area contributed by atoms with E-state index in [1.807, 2.05) is 31.3 Å². The van der Waals surface area contributed by atoms with Crippen molar-refractivity contribution in [2.45, 2.75) is 32.7 Å². The van der Waals surface area contributed by atoms with Gasteiger partial charge in [-0.15, -0.1) is 12.4 Å². The molecule has 22 heavy (non-hydrogen) atoms. The standard InChI is InChI=1S/C17H26N2O2.ClH/c1-13-4-6-16(7-5-13)21-11-10-19(3)17(20)15-8-9-18-14(2)12-15;/h4-7,14-15,18H,8-12H2,1-3H3;1H/t14-,15-;/m0./s1. The molecule has 5 heteroatoms. The van der Waals surface area contributed by atoms with E-state index in [0.717, 1.165) is 25.1 Å². The van der Waals surface area contributed by atoms with Gasteiger partial charge in [0.1, 0.15) is 12.4 Å². The van der Waals surface area contributed by atoms with Crippen LogP contribution in [0.25, 0.3) is 0 Å². The number of likely N-dealkylation sites (N-methyl/N-ethyl adjacent to an activating group) is 1. The molecule has 1 heterocycles. The molecule has 0 aliphatic carbocycles. The van der Waals surface area contributed by atoms with Crippen molar-refractivity contribution in [3.63, 3.8) is 0 Å². The Bertz CT molecular complexity index is 464. The van der Waals surface area contributed by atoms with Gasteiger partial charge in [-0.25, -0.2) is 0 Å². The Morgan fingerprint density at radius 3 is 2.68 bits per heavy atom. The van der Waals surface area contributed by atoms with Crippen LogP contribution in [0, 0.1) is 12.8 Å². The summed E-state index contributed by atoms with van der Waals surface area (Å²) in [5.74, 6) is 1.26. The fourth-order valence-corrected chi connectivity index (χ4v) is 2.71. The number of ether oxygens (including phenoxy) is 1. The second kappa shape index (κ2) is 9.01. The second-order valence-electron chi connectivity index (χ2n) is 6.00. The van der Waals surface area contributed by atoms with Crippen LogP contribution in [0.5, 0.6) is 5.75 Å².